The molecule has 18 heteroatoms. The molecule has 1 aromatic carbocycles. The van der Waals surface area contributed by atoms with Crippen molar-refractivity contribution in [3.05, 3.63) is 88.8 Å². The Morgan fingerprint density at radius 3 is 1.88 bits per heavy atom. The van der Waals surface area contributed by atoms with Crippen molar-refractivity contribution in [2.24, 2.45) is 26.9 Å². The number of nitrogens with two attached hydrogens (primary N) is 1. The minimum absolute atomic E-state index is 0.0234. The molecule has 6 N–H and O–H groups in total. The summed E-state index contributed by atoms with van der Waals surface area (Å²) in [5, 5.41) is 9.02. The second-order valence-corrected chi connectivity index (χ2v) is 11.9. The highest BCUT2D eigenvalue weighted by atomic mass is 35.5. The molecule has 3 heterocycles. The highest BCUT2D eigenvalue weighted by Gasteiger charge is 2.34. The van der Waals surface area contributed by atoms with Crippen molar-refractivity contribution in [1.29, 1.82) is 0 Å². The van der Waals surface area contributed by atoms with Crippen LogP contribution in [0.15, 0.2) is 55.0 Å². The molecule has 51 heavy (non-hydrogen) atoms. The third kappa shape index (κ3) is 9.17. The van der Waals surface area contributed by atoms with Gasteiger partial charge in [0.2, 0.25) is 5.91 Å². The van der Waals surface area contributed by atoms with Crippen molar-refractivity contribution in [2.75, 3.05) is 34.6 Å². The smallest absolute Gasteiger partial charge is 0.370 e. The molecule has 272 valence electrons. The van der Waals surface area contributed by atoms with E-state index in [1.54, 1.807) is 28.1 Å². The number of hydrazine groups is 1. The number of anilines is 3. The number of nitrogens with one attached hydrogen (secondary N) is 4. The van der Waals surface area contributed by atoms with Crippen LogP contribution < -0.4 is 32.1 Å². The van der Waals surface area contributed by atoms with E-state index < -0.39 is 41.3 Å². The zero-order chi connectivity index (χ0) is 37.6. The third-order valence-electron chi connectivity index (χ3n) is 7.74. The van der Waals surface area contributed by atoms with Crippen LogP contribution in [-0.2, 0) is 38.5 Å². The number of carbonyl (C=O) groups excluding carboxylic acids is 5. The van der Waals surface area contributed by atoms with Crippen molar-refractivity contribution in [1.82, 2.24) is 24.4 Å². The number of aromatic nitrogens is 3. The second kappa shape index (κ2) is 16.0. The van der Waals surface area contributed by atoms with Crippen LogP contribution in [0.25, 0.3) is 0 Å². The van der Waals surface area contributed by atoms with Gasteiger partial charge in [-0.3, -0.25) is 24.0 Å². The molecule has 4 rings (SSSR count). The summed E-state index contributed by atoms with van der Waals surface area (Å²) in [6.07, 6.45) is -0.0676. The Balaban J connectivity index is 1.49. The first kappa shape index (κ1) is 38.3. The Morgan fingerprint density at radius 1 is 0.804 bits per heavy atom. The lowest BCUT2D eigenvalue weighted by Crippen LogP contribution is -2.44. The van der Waals surface area contributed by atoms with Gasteiger partial charge in [0, 0.05) is 70.7 Å². The number of carbonyl (C=O) groups is 5. The van der Waals surface area contributed by atoms with E-state index >= 15 is 0 Å². The molecule has 0 saturated heterocycles. The summed E-state index contributed by atoms with van der Waals surface area (Å²) in [6, 6.07) is 7.66. The van der Waals surface area contributed by atoms with E-state index in [0.29, 0.717) is 5.69 Å². The van der Waals surface area contributed by atoms with Crippen molar-refractivity contribution in [2.45, 2.75) is 25.9 Å². The predicted molar refractivity (Wildman–Crippen MR) is 185 cm³/mol. The molecule has 0 radical (unpaired) electrons. The molecule has 0 aliphatic heterocycles. The number of halogens is 4. The van der Waals surface area contributed by atoms with Gasteiger partial charge in [-0.05, 0) is 42.3 Å². The van der Waals surface area contributed by atoms with Crippen molar-refractivity contribution < 1.29 is 37.1 Å². The molecule has 0 aliphatic carbocycles. The van der Waals surface area contributed by atoms with Gasteiger partial charge in [0.1, 0.15) is 17.1 Å². The molecular formula is C33H37ClF3N9O5. The van der Waals surface area contributed by atoms with E-state index in [1.807, 2.05) is 0 Å². The van der Waals surface area contributed by atoms with Gasteiger partial charge in [-0.2, -0.15) is 13.2 Å². The number of alkyl halides is 4. The van der Waals surface area contributed by atoms with E-state index in [1.165, 1.54) is 62.6 Å². The van der Waals surface area contributed by atoms with Gasteiger partial charge in [0.15, 0.2) is 0 Å². The number of primary amides is 1. The Bertz CT molecular complexity index is 1960. The normalized spacial score (nSPS) is 11.3. The van der Waals surface area contributed by atoms with Crippen molar-refractivity contribution in [3.8, 4) is 0 Å². The summed E-state index contributed by atoms with van der Waals surface area (Å²) in [5.74, 6) is -2.87. The molecule has 0 unspecified atom stereocenters. The molecular weight excluding hydrogens is 695 g/mol. The molecule has 5 amide bonds. The van der Waals surface area contributed by atoms with E-state index in [0.717, 1.165) is 11.1 Å². The van der Waals surface area contributed by atoms with Crippen LogP contribution in [0.5, 0.6) is 0 Å². The van der Waals surface area contributed by atoms with E-state index in [2.05, 4.69) is 21.4 Å². The maximum atomic E-state index is 13.7. The standard InChI is InChI=1S/C33H37ClF3N9O5/c1-5-19-6-7-20(12-24(19)33(35,36)37)32(51)46(40-11-9-34)23-15-27(45(4)18-23)31(50)42-22-14-26(44(3)17-22)30(49)41-21-13-25(43(2)16-21)29(48)39-10-8-28(38)47/h6-7,12-18,40H,5,8-11H2,1-4H3,(H2,38,47)(H,39,48)(H,41,49)(H,42,50). The fraction of sp³-hybridized carbons (Fsp3) is 0.303. The SMILES string of the molecule is CCc1ccc(C(=O)N(NCCCl)c2cc(C(=O)Nc3cc(C(=O)Nc4cc(C(=O)NCCC(N)=O)n(C)c4)n(C)c3)n(C)c2)cc1C(F)(F)F. The van der Waals surface area contributed by atoms with Gasteiger partial charge >= 0.3 is 6.18 Å². The van der Waals surface area contributed by atoms with Crippen molar-refractivity contribution >= 4 is 58.2 Å². The molecule has 0 bridgehead atoms. The molecule has 14 nitrogen and oxygen atoms in total. The number of hydrogen-bond acceptors (Lipinski definition) is 6. The topological polar surface area (TPSA) is 178 Å². The van der Waals surface area contributed by atoms with Gasteiger partial charge in [-0.1, -0.05) is 13.0 Å². The van der Waals surface area contributed by atoms with E-state index in [4.69, 9.17) is 17.3 Å². The Kier molecular flexibility index (Phi) is 12.0. The second-order valence-electron chi connectivity index (χ2n) is 11.5. The zero-order valence-electron chi connectivity index (χ0n) is 28.2. The summed E-state index contributed by atoms with van der Waals surface area (Å²) in [6.45, 7) is 1.74. The van der Waals surface area contributed by atoms with Crippen LogP contribution in [0.1, 0.15) is 66.3 Å². The minimum Gasteiger partial charge on any atom is -0.370 e. The minimum atomic E-state index is -4.66. The highest BCUT2D eigenvalue weighted by molar-refractivity contribution is 6.18. The lowest BCUT2D eigenvalue weighted by atomic mass is 10.0. The number of hydrogen-bond donors (Lipinski definition) is 5. The molecule has 0 aliphatic rings. The number of amides is 5. The van der Waals surface area contributed by atoms with Gasteiger partial charge in [-0.15, -0.1) is 11.6 Å². The number of aryl methyl sites for hydroxylation is 4. The molecule has 0 atom stereocenters. The van der Waals surface area contributed by atoms with Crippen LogP contribution >= 0.6 is 11.6 Å². The highest BCUT2D eigenvalue weighted by Crippen LogP contribution is 2.33. The number of benzene rings is 1. The zero-order valence-corrected chi connectivity index (χ0v) is 28.9. The predicted octanol–water partition coefficient (Wildman–Crippen LogP) is 3.78. The molecule has 4 aromatic rings. The van der Waals surface area contributed by atoms with Gasteiger partial charge < -0.3 is 35.4 Å². The lowest BCUT2D eigenvalue weighted by molar-refractivity contribution is -0.138. The van der Waals surface area contributed by atoms with E-state index in [-0.39, 0.29) is 71.4 Å². The Morgan fingerprint density at radius 2 is 1.35 bits per heavy atom. The van der Waals surface area contributed by atoms with Crippen LogP contribution in [-0.4, -0.2) is 62.2 Å². The molecule has 3 aromatic heterocycles. The maximum Gasteiger partial charge on any atom is 0.416 e. The molecule has 0 spiro atoms. The lowest BCUT2D eigenvalue weighted by Gasteiger charge is -2.23. The van der Waals surface area contributed by atoms with Gasteiger partial charge in [-0.25, -0.2) is 10.4 Å². The first-order chi connectivity index (χ1) is 24.0. The van der Waals surface area contributed by atoms with E-state index in [9.17, 15) is 37.1 Å². The first-order valence-corrected chi connectivity index (χ1v) is 16.1. The van der Waals surface area contributed by atoms with Crippen LogP contribution in [0.2, 0.25) is 0 Å². The summed E-state index contributed by atoms with van der Waals surface area (Å²) < 4.78 is 45.6. The molecule has 0 saturated carbocycles. The Labute approximate surface area is 295 Å². The number of nitrogens with zero attached hydrogens (tertiary/aromatic N) is 4. The van der Waals surface area contributed by atoms with Crippen molar-refractivity contribution in [3.63, 3.8) is 0 Å². The summed E-state index contributed by atoms with van der Waals surface area (Å²) in [4.78, 5) is 63.4. The van der Waals surface area contributed by atoms with Gasteiger partial charge in [0.25, 0.3) is 23.6 Å². The summed E-state index contributed by atoms with van der Waals surface area (Å²) in [7, 11) is 4.76. The Hall–Kier alpha value is -5.55. The van der Waals surface area contributed by atoms with Gasteiger partial charge in [0.05, 0.1) is 22.6 Å². The average molecular weight is 732 g/mol. The summed E-state index contributed by atoms with van der Waals surface area (Å²) in [5.41, 5.74) is 8.07. The maximum absolute atomic E-state index is 13.7. The number of rotatable bonds is 14. The van der Waals surface area contributed by atoms with Crippen LogP contribution in [0.3, 0.4) is 0 Å². The summed E-state index contributed by atoms with van der Waals surface area (Å²) >= 11 is 5.83. The monoisotopic (exact) mass is 731 g/mol. The largest absolute Gasteiger partial charge is 0.416 e. The fourth-order valence-corrected chi connectivity index (χ4v) is 5.32. The quantitative estimate of drug-likeness (QED) is 0.0974. The first-order valence-electron chi connectivity index (χ1n) is 15.6. The van der Waals surface area contributed by atoms with Crippen LogP contribution in [0, 0.1) is 0 Å². The van der Waals surface area contributed by atoms with Crippen LogP contribution in [0.4, 0.5) is 30.2 Å². The molecule has 0 fully saturated rings. The average Bonchev–Trinajstić information content (AvgIpc) is 3.75. The third-order valence-corrected chi connectivity index (χ3v) is 7.93. The fourth-order valence-electron chi connectivity index (χ4n) is 5.24.